The maximum atomic E-state index is 12.3. The lowest BCUT2D eigenvalue weighted by atomic mass is 10.1. The molecule has 0 amide bonds. The van der Waals surface area contributed by atoms with E-state index in [1.807, 2.05) is 0 Å². The highest BCUT2D eigenvalue weighted by atomic mass is 35.5. The number of ketones is 1. The molecule has 20 heavy (non-hydrogen) atoms. The van der Waals surface area contributed by atoms with Crippen LogP contribution in [-0.2, 0) is 0 Å². The van der Waals surface area contributed by atoms with Crippen molar-refractivity contribution >= 4 is 34.8 Å². The van der Waals surface area contributed by atoms with E-state index < -0.39 is 16.8 Å². The van der Waals surface area contributed by atoms with Gasteiger partial charge in [0.05, 0.1) is 11.3 Å². The third-order valence-electron chi connectivity index (χ3n) is 2.73. The molecule has 2 rings (SSSR count). The van der Waals surface area contributed by atoms with Crippen molar-refractivity contribution in [3.05, 3.63) is 56.2 Å². The second kappa shape index (κ2) is 5.60. The highest BCUT2D eigenvalue weighted by Crippen LogP contribution is 2.25. The Hall–Kier alpha value is -1.92. The second-order valence-electron chi connectivity index (χ2n) is 4.09. The van der Waals surface area contributed by atoms with E-state index in [-0.39, 0.29) is 10.8 Å². The summed E-state index contributed by atoms with van der Waals surface area (Å²) >= 11 is 11.5. The van der Waals surface area contributed by atoms with Crippen LogP contribution in [0.4, 0.5) is 5.82 Å². The molecule has 0 aliphatic rings. The molecule has 6 nitrogen and oxygen atoms in total. The van der Waals surface area contributed by atoms with Crippen LogP contribution in [0.15, 0.2) is 30.5 Å². The number of aromatic nitrogens is 2. The average Bonchev–Trinajstić information content (AvgIpc) is 2.79. The molecular formula is C12H9Cl2N3O3. The highest BCUT2D eigenvalue weighted by Gasteiger charge is 2.26. The Bertz CT molecular complexity index is 684. The van der Waals surface area contributed by atoms with Gasteiger partial charge in [0, 0.05) is 10.6 Å². The quantitative estimate of drug-likeness (QED) is 0.491. The van der Waals surface area contributed by atoms with Crippen LogP contribution in [0.3, 0.4) is 0 Å². The summed E-state index contributed by atoms with van der Waals surface area (Å²) in [6.45, 7) is 1.58. The first-order valence-electron chi connectivity index (χ1n) is 5.59. The third-order valence-corrected chi connectivity index (χ3v) is 3.23. The van der Waals surface area contributed by atoms with Gasteiger partial charge in [-0.1, -0.05) is 35.3 Å². The number of hydrogen-bond donors (Lipinski definition) is 0. The Kier molecular flexibility index (Phi) is 4.06. The van der Waals surface area contributed by atoms with Crippen LogP contribution in [0.2, 0.25) is 10.0 Å². The molecule has 104 valence electrons. The lowest BCUT2D eigenvalue weighted by Gasteiger charge is -2.07. The van der Waals surface area contributed by atoms with Crippen LogP contribution in [0.25, 0.3) is 0 Å². The zero-order valence-corrected chi connectivity index (χ0v) is 11.8. The van der Waals surface area contributed by atoms with E-state index in [1.54, 1.807) is 25.1 Å². The summed E-state index contributed by atoms with van der Waals surface area (Å²) in [4.78, 5) is 22.2. The summed E-state index contributed by atoms with van der Waals surface area (Å²) in [6, 6.07) is 5.73. The van der Waals surface area contributed by atoms with Gasteiger partial charge in [0.2, 0.25) is 0 Å². The zero-order chi connectivity index (χ0) is 14.9. The molecule has 0 saturated carbocycles. The van der Waals surface area contributed by atoms with E-state index in [4.69, 9.17) is 23.2 Å². The minimum Gasteiger partial charge on any atom is -0.358 e. The number of nitro groups is 1. The van der Waals surface area contributed by atoms with Gasteiger partial charge in [-0.2, -0.15) is 4.68 Å². The molecule has 1 atom stereocenters. The molecule has 0 fully saturated rings. The van der Waals surface area contributed by atoms with E-state index in [0.717, 1.165) is 0 Å². The van der Waals surface area contributed by atoms with Crippen molar-refractivity contribution < 1.29 is 9.72 Å². The Balaban J connectivity index is 2.31. The summed E-state index contributed by atoms with van der Waals surface area (Å²) in [5.74, 6) is -0.737. The molecule has 8 heteroatoms. The van der Waals surface area contributed by atoms with Crippen molar-refractivity contribution in [2.45, 2.75) is 13.0 Å². The van der Waals surface area contributed by atoms with Crippen LogP contribution < -0.4 is 0 Å². The number of benzene rings is 1. The van der Waals surface area contributed by atoms with Crippen molar-refractivity contribution in [1.29, 1.82) is 0 Å². The van der Waals surface area contributed by atoms with Gasteiger partial charge in [-0.05, 0) is 24.0 Å². The van der Waals surface area contributed by atoms with Crippen LogP contribution in [0.5, 0.6) is 0 Å². The predicted molar refractivity (Wildman–Crippen MR) is 74.4 cm³/mol. The first-order valence-corrected chi connectivity index (χ1v) is 6.34. The maximum absolute atomic E-state index is 12.3. The molecular weight excluding hydrogens is 305 g/mol. The van der Waals surface area contributed by atoms with Crippen LogP contribution in [0, 0.1) is 10.1 Å². The molecule has 1 unspecified atom stereocenters. The Morgan fingerprint density at radius 2 is 2.15 bits per heavy atom. The largest absolute Gasteiger partial charge is 0.408 e. The fourth-order valence-corrected chi connectivity index (χ4v) is 2.08. The SMILES string of the molecule is CC(C(=O)c1cccc(Cl)c1)n1cc(Cl)c([N+](=O)[O-])n1. The number of nitrogens with zero attached hydrogens (tertiary/aromatic N) is 3. The number of rotatable bonds is 4. The molecule has 1 heterocycles. The predicted octanol–water partition coefficient (Wildman–Crippen LogP) is 3.54. The summed E-state index contributed by atoms with van der Waals surface area (Å²) in [5.41, 5.74) is 0.402. The van der Waals surface area contributed by atoms with Crippen molar-refractivity contribution in [1.82, 2.24) is 9.78 Å². The molecule has 0 N–H and O–H groups in total. The summed E-state index contributed by atoms with van der Waals surface area (Å²) in [5, 5.41) is 14.7. The van der Waals surface area contributed by atoms with Gasteiger partial charge >= 0.3 is 5.82 Å². The number of halogens is 2. The number of Topliss-reactive ketones (excluding diaryl/α,β-unsaturated/α-hetero) is 1. The molecule has 0 bridgehead atoms. The Morgan fingerprint density at radius 1 is 1.45 bits per heavy atom. The smallest absolute Gasteiger partial charge is 0.358 e. The monoisotopic (exact) mass is 313 g/mol. The van der Waals surface area contributed by atoms with Crippen molar-refractivity contribution in [2.75, 3.05) is 0 Å². The first kappa shape index (κ1) is 14.5. The van der Waals surface area contributed by atoms with Crippen LogP contribution in [0.1, 0.15) is 23.3 Å². The first-order chi connectivity index (χ1) is 9.40. The molecule has 1 aromatic heterocycles. The zero-order valence-electron chi connectivity index (χ0n) is 10.3. The van der Waals surface area contributed by atoms with Crippen molar-refractivity contribution in [2.24, 2.45) is 0 Å². The lowest BCUT2D eigenvalue weighted by molar-refractivity contribution is -0.389. The van der Waals surface area contributed by atoms with E-state index >= 15 is 0 Å². The van der Waals surface area contributed by atoms with Crippen molar-refractivity contribution in [3.63, 3.8) is 0 Å². The summed E-state index contributed by atoms with van der Waals surface area (Å²) in [7, 11) is 0. The van der Waals surface area contributed by atoms with Crippen LogP contribution in [-0.4, -0.2) is 20.5 Å². The fourth-order valence-electron chi connectivity index (χ4n) is 1.69. The molecule has 0 radical (unpaired) electrons. The standard InChI is InChI=1S/C12H9Cl2N3O3/c1-7(11(18)8-3-2-4-9(13)5-8)16-6-10(14)12(15-16)17(19)20/h2-7H,1H3. The van der Waals surface area contributed by atoms with Gasteiger partial charge in [0.1, 0.15) is 6.04 Å². The molecule has 0 spiro atoms. The topological polar surface area (TPSA) is 78.0 Å². The Morgan fingerprint density at radius 3 is 2.70 bits per heavy atom. The maximum Gasteiger partial charge on any atom is 0.408 e. The molecule has 0 aliphatic heterocycles. The molecule has 0 aliphatic carbocycles. The van der Waals surface area contributed by atoms with Crippen molar-refractivity contribution in [3.8, 4) is 0 Å². The molecule has 2 aromatic rings. The van der Waals surface area contributed by atoms with E-state index in [0.29, 0.717) is 10.6 Å². The van der Waals surface area contributed by atoms with Gasteiger partial charge < -0.3 is 10.1 Å². The number of carbonyl (C=O) groups excluding carboxylic acids is 1. The van der Waals surface area contributed by atoms with Gasteiger partial charge in [-0.3, -0.25) is 4.79 Å². The summed E-state index contributed by atoms with van der Waals surface area (Å²) in [6.07, 6.45) is 1.26. The van der Waals surface area contributed by atoms with E-state index in [2.05, 4.69) is 5.10 Å². The minimum absolute atomic E-state index is 0.110. The summed E-state index contributed by atoms with van der Waals surface area (Å²) < 4.78 is 1.17. The second-order valence-corrected chi connectivity index (χ2v) is 4.93. The normalized spacial score (nSPS) is 12.2. The third kappa shape index (κ3) is 2.81. The van der Waals surface area contributed by atoms with Crippen LogP contribution >= 0.6 is 23.2 Å². The van der Waals surface area contributed by atoms with E-state index in [1.165, 1.54) is 16.9 Å². The van der Waals surface area contributed by atoms with Gasteiger partial charge in [-0.15, -0.1) is 0 Å². The molecule has 1 aromatic carbocycles. The number of hydrogen-bond acceptors (Lipinski definition) is 4. The highest BCUT2D eigenvalue weighted by molar-refractivity contribution is 6.32. The fraction of sp³-hybridized carbons (Fsp3) is 0.167. The Labute approximate surface area is 124 Å². The molecule has 0 saturated heterocycles. The lowest BCUT2D eigenvalue weighted by Crippen LogP contribution is -2.17. The van der Waals surface area contributed by atoms with E-state index in [9.17, 15) is 14.9 Å². The average molecular weight is 314 g/mol. The number of carbonyl (C=O) groups is 1. The minimum atomic E-state index is -0.723. The van der Waals surface area contributed by atoms with Gasteiger partial charge in [0.25, 0.3) is 0 Å². The van der Waals surface area contributed by atoms with Gasteiger partial charge in [0.15, 0.2) is 10.8 Å². The van der Waals surface area contributed by atoms with Gasteiger partial charge in [-0.25, -0.2) is 0 Å².